The first kappa shape index (κ1) is 18.9. The number of carbonyl (C=O) groups excluding carboxylic acids is 3. The van der Waals surface area contributed by atoms with Gasteiger partial charge in [-0.05, 0) is 30.0 Å². The topological polar surface area (TPSA) is 105 Å². The molecule has 136 valence electrons. The minimum absolute atomic E-state index is 0.0530. The summed E-state index contributed by atoms with van der Waals surface area (Å²) in [6.07, 6.45) is 0.739. The Labute approximate surface area is 147 Å². The Kier molecular flexibility index (Phi) is 5.47. The second-order valence-electron chi connectivity index (χ2n) is 7.27. The fourth-order valence-electron chi connectivity index (χ4n) is 3.03. The third kappa shape index (κ3) is 4.79. The van der Waals surface area contributed by atoms with Crippen LogP contribution in [0.3, 0.4) is 0 Å². The van der Waals surface area contributed by atoms with E-state index in [-0.39, 0.29) is 29.2 Å². The zero-order valence-electron chi connectivity index (χ0n) is 15.2. The van der Waals surface area contributed by atoms with E-state index in [0.717, 1.165) is 6.42 Å². The number of carbonyl (C=O) groups is 3. The van der Waals surface area contributed by atoms with Crippen LogP contribution >= 0.6 is 0 Å². The van der Waals surface area contributed by atoms with Crippen molar-refractivity contribution in [3.63, 3.8) is 0 Å². The summed E-state index contributed by atoms with van der Waals surface area (Å²) >= 11 is 0. The molecule has 0 aromatic heterocycles. The predicted octanol–water partition coefficient (Wildman–Crippen LogP) is 1.80. The van der Waals surface area contributed by atoms with Gasteiger partial charge >= 0.3 is 0 Å². The molecule has 0 radical (unpaired) electrons. The van der Waals surface area contributed by atoms with Gasteiger partial charge in [-0.2, -0.15) is 0 Å². The molecule has 1 atom stereocenters. The molecule has 7 heteroatoms. The van der Waals surface area contributed by atoms with Crippen molar-refractivity contribution in [1.82, 2.24) is 4.90 Å². The number of nitrogens with two attached hydrogens (primary N) is 1. The number of hydrogen-bond acceptors (Lipinski definition) is 4. The zero-order chi connectivity index (χ0) is 18.8. The first-order chi connectivity index (χ1) is 11.6. The first-order valence-corrected chi connectivity index (χ1v) is 8.33. The number of benzene rings is 1. The fraction of sp³-hybridized carbons (Fsp3) is 0.500. The molecule has 1 aliphatic rings. The maximum absolute atomic E-state index is 12.9. The van der Waals surface area contributed by atoms with Crippen LogP contribution in [0, 0.1) is 5.41 Å². The normalized spacial score (nSPS) is 19.2. The largest absolute Gasteiger partial charge is 0.338 e. The molecular formula is C18H26N4O3. The van der Waals surface area contributed by atoms with E-state index >= 15 is 0 Å². The van der Waals surface area contributed by atoms with E-state index in [1.54, 1.807) is 23.1 Å². The van der Waals surface area contributed by atoms with Crippen molar-refractivity contribution >= 4 is 29.1 Å². The summed E-state index contributed by atoms with van der Waals surface area (Å²) in [5, 5.41) is 5.32. The van der Waals surface area contributed by atoms with Crippen LogP contribution in [0.25, 0.3) is 0 Å². The maximum atomic E-state index is 12.9. The molecule has 1 aromatic carbocycles. The second-order valence-corrected chi connectivity index (χ2v) is 7.27. The molecule has 7 nitrogen and oxygen atoms in total. The van der Waals surface area contributed by atoms with E-state index in [2.05, 4.69) is 10.6 Å². The lowest BCUT2D eigenvalue weighted by molar-refractivity contribution is -0.115. The molecule has 0 bridgehead atoms. The molecule has 0 saturated carbocycles. The van der Waals surface area contributed by atoms with Crippen LogP contribution in [-0.4, -0.2) is 41.8 Å². The minimum Gasteiger partial charge on any atom is -0.338 e. The van der Waals surface area contributed by atoms with E-state index in [1.165, 1.54) is 13.8 Å². The molecule has 1 fully saturated rings. The molecule has 2 rings (SSSR count). The van der Waals surface area contributed by atoms with Crippen LogP contribution in [0.15, 0.2) is 18.2 Å². The summed E-state index contributed by atoms with van der Waals surface area (Å²) in [7, 11) is 0. The van der Waals surface area contributed by atoms with Crippen molar-refractivity contribution in [2.45, 2.75) is 40.2 Å². The van der Waals surface area contributed by atoms with Crippen molar-refractivity contribution in [2.75, 3.05) is 23.7 Å². The summed E-state index contributed by atoms with van der Waals surface area (Å²) in [5.41, 5.74) is 7.33. The number of likely N-dealkylation sites (tertiary alicyclic amines) is 1. The fourth-order valence-corrected chi connectivity index (χ4v) is 3.03. The van der Waals surface area contributed by atoms with Crippen molar-refractivity contribution in [2.24, 2.45) is 11.1 Å². The van der Waals surface area contributed by atoms with Gasteiger partial charge in [0.05, 0.1) is 0 Å². The number of nitrogens with zero attached hydrogens (tertiary/aromatic N) is 1. The lowest BCUT2D eigenvalue weighted by atomic mass is 9.79. The third-order valence-corrected chi connectivity index (χ3v) is 4.42. The predicted molar refractivity (Wildman–Crippen MR) is 97.3 cm³/mol. The molecule has 1 saturated heterocycles. The van der Waals surface area contributed by atoms with Crippen LogP contribution in [0.2, 0.25) is 0 Å². The average molecular weight is 346 g/mol. The highest BCUT2D eigenvalue weighted by Crippen LogP contribution is 2.29. The van der Waals surface area contributed by atoms with E-state index in [9.17, 15) is 14.4 Å². The van der Waals surface area contributed by atoms with Gasteiger partial charge in [0.1, 0.15) is 0 Å². The molecule has 1 aliphatic heterocycles. The van der Waals surface area contributed by atoms with Crippen LogP contribution in [0.5, 0.6) is 0 Å². The summed E-state index contributed by atoms with van der Waals surface area (Å²) in [5.74, 6) is -0.634. The van der Waals surface area contributed by atoms with Crippen LogP contribution in [0.1, 0.15) is 44.5 Å². The summed E-state index contributed by atoms with van der Waals surface area (Å²) < 4.78 is 0. The summed E-state index contributed by atoms with van der Waals surface area (Å²) in [4.78, 5) is 37.4. The first-order valence-electron chi connectivity index (χ1n) is 8.33. The van der Waals surface area contributed by atoms with Crippen LogP contribution in [0.4, 0.5) is 11.4 Å². The van der Waals surface area contributed by atoms with Gasteiger partial charge in [-0.3, -0.25) is 14.4 Å². The lowest BCUT2D eigenvalue weighted by Gasteiger charge is -2.42. The van der Waals surface area contributed by atoms with Gasteiger partial charge in [0.25, 0.3) is 5.91 Å². The Morgan fingerprint density at radius 3 is 2.04 bits per heavy atom. The van der Waals surface area contributed by atoms with E-state index < -0.39 is 0 Å². The van der Waals surface area contributed by atoms with Gasteiger partial charge in [-0.25, -0.2) is 0 Å². The Bertz CT molecular complexity index is 665. The number of rotatable bonds is 3. The maximum Gasteiger partial charge on any atom is 0.254 e. The Hall–Kier alpha value is -2.41. The molecule has 3 amide bonds. The number of piperidine rings is 1. The van der Waals surface area contributed by atoms with Gasteiger partial charge < -0.3 is 21.3 Å². The average Bonchev–Trinajstić information content (AvgIpc) is 2.47. The summed E-state index contributed by atoms with van der Waals surface area (Å²) in [6.45, 7) is 8.03. The van der Waals surface area contributed by atoms with Crippen molar-refractivity contribution in [3.8, 4) is 0 Å². The third-order valence-electron chi connectivity index (χ3n) is 4.42. The van der Waals surface area contributed by atoms with Gasteiger partial charge in [0, 0.05) is 49.9 Å². The molecule has 0 spiro atoms. The van der Waals surface area contributed by atoms with E-state index in [1.807, 2.05) is 13.8 Å². The second kappa shape index (κ2) is 7.23. The SMILES string of the molecule is CC(=O)Nc1cc(NC(C)=O)cc(C(=O)N2CCC(N)C(C)(C)C2)c1. The van der Waals surface area contributed by atoms with Gasteiger partial charge in [-0.15, -0.1) is 0 Å². The van der Waals surface area contributed by atoms with E-state index in [0.29, 0.717) is 30.0 Å². The molecular weight excluding hydrogens is 320 g/mol. The highest BCUT2D eigenvalue weighted by Gasteiger charge is 2.35. The van der Waals surface area contributed by atoms with Gasteiger partial charge in [-0.1, -0.05) is 13.8 Å². The minimum atomic E-state index is -0.247. The molecule has 25 heavy (non-hydrogen) atoms. The standard InChI is InChI=1S/C18H26N4O3/c1-11(23)20-14-7-13(8-15(9-14)21-12(2)24)17(25)22-6-5-16(19)18(3,4)10-22/h7-9,16H,5-6,10,19H2,1-4H3,(H,20,23)(H,21,24). The van der Waals surface area contributed by atoms with Gasteiger partial charge in [0.2, 0.25) is 11.8 Å². The molecule has 1 unspecified atom stereocenters. The molecule has 1 heterocycles. The summed E-state index contributed by atoms with van der Waals surface area (Å²) in [6, 6.07) is 4.92. The molecule has 0 aliphatic carbocycles. The number of amides is 3. The Morgan fingerprint density at radius 1 is 1.08 bits per heavy atom. The zero-order valence-corrected chi connectivity index (χ0v) is 15.2. The van der Waals surface area contributed by atoms with Gasteiger partial charge in [0.15, 0.2) is 0 Å². The smallest absolute Gasteiger partial charge is 0.254 e. The highest BCUT2D eigenvalue weighted by molar-refractivity contribution is 6.00. The Balaban J connectivity index is 2.31. The number of anilines is 2. The number of hydrogen-bond donors (Lipinski definition) is 3. The highest BCUT2D eigenvalue weighted by atomic mass is 16.2. The van der Waals surface area contributed by atoms with Crippen molar-refractivity contribution < 1.29 is 14.4 Å². The van der Waals surface area contributed by atoms with Crippen molar-refractivity contribution in [1.29, 1.82) is 0 Å². The molecule has 4 N–H and O–H groups in total. The van der Waals surface area contributed by atoms with Crippen LogP contribution in [-0.2, 0) is 9.59 Å². The lowest BCUT2D eigenvalue weighted by Crippen LogP contribution is -2.54. The quantitative estimate of drug-likeness (QED) is 0.776. The molecule has 1 aromatic rings. The monoisotopic (exact) mass is 346 g/mol. The van der Waals surface area contributed by atoms with Crippen molar-refractivity contribution in [3.05, 3.63) is 23.8 Å². The Morgan fingerprint density at radius 2 is 1.60 bits per heavy atom. The number of nitrogens with one attached hydrogen (secondary N) is 2. The van der Waals surface area contributed by atoms with Crippen LogP contribution < -0.4 is 16.4 Å². The van der Waals surface area contributed by atoms with E-state index in [4.69, 9.17) is 5.73 Å².